The second-order valence-electron chi connectivity index (χ2n) is 7.86. The van der Waals surface area contributed by atoms with Crippen molar-refractivity contribution in [1.29, 1.82) is 0 Å². The minimum absolute atomic E-state index is 0.173. The van der Waals surface area contributed by atoms with E-state index in [4.69, 9.17) is 16.2 Å². The van der Waals surface area contributed by atoms with Crippen molar-refractivity contribution in [2.24, 2.45) is 0 Å². The van der Waals surface area contributed by atoms with E-state index in [0.29, 0.717) is 24.5 Å². The second kappa shape index (κ2) is 8.85. The van der Waals surface area contributed by atoms with E-state index in [1.165, 1.54) is 0 Å². The number of ether oxygens (including phenoxy) is 1. The summed E-state index contributed by atoms with van der Waals surface area (Å²) in [5.74, 6) is 2.17. The number of ketones is 1. The minimum atomic E-state index is -0.598. The SMILES string of the molecule is Nc1cc(N2CCN(CC(O)COc3ccc4c(c3)CCCC4=O)CC2)nc(N)n1. The Morgan fingerprint density at radius 2 is 1.90 bits per heavy atom. The van der Waals surface area contributed by atoms with Crippen LogP contribution in [0.3, 0.4) is 0 Å². The smallest absolute Gasteiger partial charge is 0.223 e. The molecule has 1 unspecified atom stereocenters. The van der Waals surface area contributed by atoms with E-state index < -0.39 is 6.10 Å². The fraction of sp³-hybridized carbons (Fsp3) is 0.476. The number of benzene rings is 1. The van der Waals surface area contributed by atoms with Crippen LogP contribution in [0.25, 0.3) is 0 Å². The molecule has 2 aliphatic rings. The first-order valence-corrected chi connectivity index (χ1v) is 10.3. The van der Waals surface area contributed by atoms with Gasteiger partial charge < -0.3 is 26.2 Å². The number of rotatable bonds is 6. The highest BCUT2D eigenvalue weighted by Crippen LogP contribution is 2.25. The Hall–Kier alpha value is -2.91. The summed E-state index contributed by atoms with van der Waals surface area (Å²) < 4.78 is 5.78. The molecule has 4 rings (SSSR count). The summed E-state index contributed by atoms with van der Waals surface area (Å²) in [6, 6.07) is 7.30. The Labute approximate surface area is 175 Å². The number of hydrogen-bond acceptors (Lipinski definition) is 9. The van der Waals surface area contributed by atoms with Gasteiger partial charge in [-0.3, -0.25) is 9.69 Å². The summed E-state index contributed by atoms with van der Waals surface area (Å²) in [7, 11) is 0. The summed E-state index contributed by atoms with van der Waals surface area (Å²) in [6.45, 7) is 3.87. The monoisotopic (exact) mass is 412 g/mol. The molecule has 0 radical (unpaired) electrons. The molecule has 160 valence electrons. The molecule has 1 atom stereocenters. The van der Waals surface area contributed by atoms with Gasteiger partial charge in [0.1, 0.15) is 30.1 Å². The number of β-amino-alcohol motifs (C(OH)–C–C–N with tert-alkyl or cyclic N) is 1. The van der Waals surface area contributed by atoms with Gasteiger partial charge in [-0.05, 0) is 36.6 Å². The molecule has 9 nitrogen and oxygen atoms in total. The Kier molecular flexibility index (Phi) is 6.01. The maximum Gasteiger partial charge on any atom is 0.223 e. The molecular weight excluding hydrogens is 384 g/mol. The topological polar surface area (TPSA) is 131 Å². The highest BCUT2D eigenvalue weighted by molar-refractivity contribution is 5.98. The van der Waals surface area contributed by atoms with Gasteiger partial charge in [-0.25, -0.2) is 0 Å². The standard InChI is InChI=1S/C21H28N6O3/c22-19-11-20(25-21(23)24-19)27-8-6-26(7-9-27)12-15(28)13-30-16-4-5-17-14(10-16)2-1-3-18(17)29/h4-5,10-11,15,28H,1-3,6-9,12-13H2,(H4,22,23,24,25). The summed E-state index contributed by atoms with van der Waals surface area (Å²) in [4.78, 5) is 24.4. The van der Waals surface area contributed by atoms with Crippen molar-refractivity contribution in [2.75, 3.05) is 55.7 Å². The first-order valence-electron chi connectivity index (χ1n) is 10.3. The molecule has 9 heteroatoms. The summed E-state index contributed by atoms with van der Waals surface area (Å²) in [5, 5.41) is 10.4. The molecule has 1 aliphatic heterocycles. The number of anilines is 3. The Morgan fingerprint density at radius 1 is 1.10 bits per heavy atom. The molecule has 1 aromatic carbocycles. The maximum atomic E-state index is 11.9. The number of fused-ring (bicyclic) bond motifs is 1. The molecule has 1 aliphatic carbocycles. The largest absolute Gasteiger partial charge is 0.491 e. The number of Topliss-reactive ketones (excluding diaryl/α,β-unsaturated/α-hetero) is 1. The highest BCUT2D eigenvalue weighted by atomic mass is 16.5. The molecule has 5 N–H and O–H groups in total. The summed E-state index contributed by atoms with van der Waals surface area (Å²) in [6.07, 6.45) is 1.81. The van der Waals surface area contributed by atoms with E-state index in [1.807, 2.05) is 18.2 Å². The first kappa shape index (κ1) is 20.4. The van der Waals surface area contributed by atoms with Gasteiger partial charge in [0, 0.05) is 50.8 Å². The molecule has 1 fully saturated rings. The summed E-state index contributed by atoms with van der Waals surface area (Å²) >= 11 is 0. The van der Waals surface area contributed by atoms with Crippen molar-refractivity contribution in [3.8, 4) is 5.75 Å². The van der Waals surface area contributed by atoms with Crippen LogP contribution >= 0.6 is 0 Å². The van der Waals surface area contributed by atoms with Crippen LogP contribution in [0.5, 0.6) is 5.75 Å². The number of nitrogens with two attached hydrogens (primary N) is 2. The Balaban J connectivity index is 1.24. The number of nitrogen functional groups attached to an aromatic ring is 2. The van der Waals surface area contributed by atoms with Gasteiger partial charge in [-0.15, -0.1) is 0 Å². The van der Waals surface area contributed by atoms with E-state index in [0.717, 1.165) is 56.0 Å². The van der Waals surface area contributed by atoms with E-state index in [-0.39, 0.29) is 18.3 Å². The first-order chi connectivity index (χ1) is 14.5. The van der Waals surface area contributed by atoms with E-state index in [2.05, 4.69) is 19.8 Å². The lowest BCUT2D eigenvalue weighted by Gasteiger charge is -2.36. The van der Waals surface area contributed by atoms with Gasteiger partial charge >= 0.3 is 0 Å². The zero-order valence-corrected chi connectivity index (χ0v) is 17.0. The van der Waals surface area contributed by atoms with Gasteiger partial charge in [0.15, 0.2) is 5.78 Å². The van der Waals surface area contributed by atoms with Gasteiger partial charge in [-0.2, -0.15) is 9.97 Å². The van der Waals surface area contributed by atoms with Crippen LogP contribution in [0.15, 0.2) is 24.3 Å². The maximum absolute atomic E-state index is 11.9. The normalized spacial score (nSPS) is 18.2. The Bertz CT molecular complexity index is 893. The Morgan fingerprint density at radius 3 is 2.67 bits per heavy atom. The van der Waals surface area contributed by atoms with Crippen molar-refractivity contribution >= 4 is 23.4 Å². The molecule has 0 spiro atoms. The third-order valence-electron chi connectivity index (χ3n) is 5.58. The van der Waals surface area contributed by atoms with E-state index in [1.54, 1.807) is 6.07 Å². The van der Waals surface area contributed by atoms with Crippen LogP contribution in [0.1, 0.15) is 28.8 Å². The average molecular weight is 412 g/mol. The van der Waals surface area contributed by atoms with Crippen LogP contribution in [0.4, 0.5) is 17.6 Å². The number of aliphatic hydroxyl groups excluding tert-OH is 1. The molecule has 2 heterocycles. The molecular formula is C21H28N6O3. The van der Waals surface area contributed by atoms with Crippen molar-refractivity contribution in [3.05, 3.63) is 35.4 Å². The van der Waals surface area contributed by atoms with E-state index >= 15 is 0 Å². The predicted molar refractivity (Wildman–Crippen MR) is 115 cm³/mol. The van der Waals surface area contributed by atoms with E-state index in [9.17, 15) is 9.90 Å². The zero-order valence-electron chi connectivity index (χ0n) is 17.0. The number of aromatic nitrogens is 2. The lowest BCUT2D eigenvalue weighted by Crippen LogP contribution is -2.49. The number of hydrogen-bond donors (Lipinski definition) is 3. The quantitative estimate of drug-likeness (QED) is 0.628. The van der Waals surface area contributed by atoms with Crippen molar-refractivity contribution in [2.45, 2.75) is 25.4 Å². The summed E-state index contributed by atoms with van der Waals surface area (Å²) in [5.41, 5.74) is 13.3. The van der Waals surface area contributed by atoms with Crippen LogP contribution in [-0.4, -0.2) is 71.2 Å². The fourth-order valence-electron chi connectivity index (χ4n) is 4.05. The molecule has 30 heavy (non-hydrogen) atoms. The number of carbonyl (C=O) groups is 1. The van der Waals surface area contributed by atoms with Crippen molar-refractivity contribution in [1.82, 2.24) is 14.9 Å². The fourth-order valence-corrected chi connectivity index (χ4v) is 4.05. The van der Waals surface area contributed by atoms with Gasteiger partial charge in [0.05, 0.1) is 0 Å². The molecule has 2 aromatic rings. The number of nitrogens with zero attached hydrogens (tertiary/aromatic N) is 4. The van der Waals surface area contributed by atoms with Crippen molar-refractivity contribution < 1.29 is 14.6 Å². The molecule has 1 aromatic heterocycles. The highest BCUT2D eigenvalue weighted by Gasteiger charge is 2.22. The predicted octanol–water partition coefficient (Wildman–Crippen LogP) is 0.722. The number of aryl methyl sites for hydroxylation is 1. The average Bonchev–Trinajstić information content (AvgIpc) is 2.72. The van der Waals surface area contributed by atoms with Gasteiger partial charge in [0.2, 0.25) is 5.95 Å². The lowest BCUT2D eigenvalue weighted by molar-refractivity contribution is 0.0662. The lowest BCUT2D eigenvalue weighted by atomic mass is 9.90. The third-order valence-corrected chi connectivity index (χ3v) is 5.58. The van der Waals surface area contributed by atoms with Crippen LogP contribution in [0, 0.1) is 0 Å². The number of aliphatic hydroxyl groups is 1. The molecule has 0 saturated carbocycles. The van der Waals surface area contributed by atoms with Gasteiger partial charge in [-0.1, -0.05) is 0 Å². The molecule has 1 saturated heterocycles. The van der Waals surface area contributed by atoms with Crippen LogP contribution in [0.2, 0.25) is 0 Å². The molecule has 0 bridgehead atoms. The third kappa shape index (κ3) is 4.80. The number of carbonyl (C=O) groups excluding carboxylic acids is 1. The number of piperazine rings is 1. The molecule has 0 amide bonds. The second-order valence-corrected chi connectivity index (χ2v) is 7.86. The van der Waals surface area contributed by atoms with Crippen LogP contribution < -0.4 is 21.1 Å². The van der Waals surface area contributed by atoms with Crippen molar-refractivity contribution in [3.63, 3.8) is 0 Å². The zero-order chi connectivity index (χ0) is 21.1. The minimum Gasteiger partial charge on any atom is -0.491 e. The van der Waals surface area contributed by atoms with Gasteiger partial charge in [0.25, 0.3) is 0 Å². The van der Waals surface area contributed by atoms with Crippen LogP contribution in [-0.2, 0) is 6.42 Å².